The van der Waals surface area contributed by atoms with E-state index < -0.39 is 10.0 Å². The van der Waals surface area contributed by atoms with Crippen molar-refractivity contribution in [1.29, 1.82) is 0 Å². The standard InChI is InChI=1S/C15H25N3O2S/c1-3-9-17-21(19,20)15-6-4-14(5-7-15)16-11-13-8-10-18(2)12-13/h4-7,13,16-17H,3,8-12H2,1-2H3. The van der Waals surface area contributed by atoms with Gasteiger partial charge in [0.15, 0.2) is 0 Å². The predicted octanol–water partition coefficient (Wildman–Crippen LogP) is 1.74. The number of hydrogen-bond donors (Lipinski definition) is 2. The molecule has 0 amide bonds. The highest BCUT2D eigenvalue weighted by atomic mass is 32.2. The highest BCUT2D eigenvalue weighted by molar-refractivity contribution is 7.89. The van der Waals surface area contributed by atoms with Gasteiger partial charge in [-0.05, 0) is 56.6 Å². The van der Waals surface area contributed by atoms with Gasteiger partial charge in [0, 0.05) is 25.3 Å². The number of hydrogen-bond acceptors (Lipinski definition) is 4. The fraction of sp³-hybridized carbons (Fsp3) is 0.600. The summed E-state index contributed by atoms with van der Waals surface area (Å²) < 4.78 is 26.5. The summed E-state index contributed by atoms with van der Waals surface area (Å²) in [6.45, 7) is 5.63. The first-order valence-corrected chi connectivity index (χ1v) is 9.01. The van der Waals surface area contributed by atoms with Crippen LogP contribution in [-0.4, -0.2) is 46.5 Å². The molecule has 1 aliphatic rings. The summed E-state index contributed by atoms with van der Waals surface area (Å²) in [4.78, 5) is 2.66. The summed E-state index contributed by atoms with van der Waals surface area (Å²) in [5, 5.41) is 3.39. The predicted molar refractivity (Wildman–Crippen MR) is 86.0 cm³/mol. The summed E-state index contributed by atoms with van der Waals surface area (Å²) in [6.07, 6.45) is 2.01. The summed E-state index contributed by atoms with van der Waals surface area (Å²) >= 11 is 0. The molecule has 1 heterocycles. The number of anilines is 1. The Hall–Kier alpha value is -1.11. The van der Waals surface area contributed by atoms with Crippen LogP contribution in [0.15, 0.2) is 29.2 Å². The highest BCUT2D eigenvalue weighted by Crippen LogP contribution is 2.17. The Balaban J connectivity index is 1.89. The average molecular weight is 311 g/mol. The summed E-state index contributed by atoms with van der Waals surface area (Å²) in [6, 6.07) is 6.97. The molecule has 1 aliphatic heterocycles. The van der Waals surface area contributed by atoms with Crippen molar-refractivity contribution in [2.45, 2.75) is 24.7 Å². The monoisotopic (exact) mass is 311 g/mol. The largest absolute Gasteiger partial charge is 0.385 e. The number of nitrogens with zero attached hydrogens (tertiary/aromatic N) is 1. The maximum Gasteiger partial charge on any atom is 0.240 e. The molecule has 6 heteroatoms. The van der Waals surface area contributed by atoms with E-state index in [0.29, 0.717) is 17.4 Å². The zero-order chi connectivity index (χ0) is 15.3. The lowest BCUT2D eigenvalue weighted by Gasteiger charge is -2.13. The Kier molecular flexibility index (Phi) is 5.61. The average Bonchev–Trinajstić information content (AvgIpc) is 2.89. The third-order valence-electron chi connectivity index (χ3n) is 3.79. The molecular weight excluding hydrogens is 286 g/mol. The van der Waals surface area contributed by atoms with E-state index in [-0.39, 0.29) is 0 Å². The molecule has 1 atom stereocenters. The van der Waals surface area contributed by atoms with E-state index in [0.717, 1.165) is 31.7 Å². The van der Waals surface area contributed by atoms with Crippen molar-refractivity contribution in [2.24, 2.45) is 5.92 Å². The topological polar surface area (TPSA) is 61.4 Å². The minimum absolute atomic E-state index is 0.321. The number of nitrogens with one attached hydrogen (secondary N) is 2. The summed E-state index contributed by atoms with van der Waals surface area (Å²) in [7, 11) is -1.22. The van der Waals surface area contributed by atoms with E-state index in [4.69, 9.17) is 0 Å². The molecule has 0 spiro atoms. The van der Waals surface area contributed by atoms with E-state index in [1.807, 2.05) is 19.1 Å². The molecule has 5 nitrogen and oxygen atoms in total. The second kappa shape index (κ2) is 7.24. The Labute approximate surface area is 127 Å². The lowest BCUT2D eigenvalue weighted by atomic mass is 10.1. The minimum atomic E-state index is -3.36. The van der Waals surface area contributed by atoms with E-state index in [2.05, 4.69) is 22.0 Å². The molecule has 0 saturated carbocycles. The molecule has 0 bridgehead atoms. The Bertz CT molecular complexity index is 543. The van der Waals surface area contributed by atoms with Crippen LogP contribution in [0.2, 0.25) is 0 Å². The Morgan fingerprint density at radius 1 is 1.29 bits per heavy atom. The van der Waals surface area contributed by atoms with Crippen molar-refractivity contribution in [2.75, 3.05) is 38.5 Å². The number of sulfonamides is 1. The van der Waals surface area contributed by atoms with Gasteiger partial charge in [-0.25, -0.2) is 13.1 Å². The highest BCUT2D eigenvalue weighted by Gasteiger charge is 2.19. The Morgan fingerprint density at radius 3 is 2.57 bits per heavy atom. The first kappa shape index (κ1) is 16.3. The molecular formula is C15H25N3O2S. The van der Waals surface area contributed by atoms with Crippen LogP contribution in [0.4, 0.5) is 5.69 Å². The number of rotatable bonds is 7. The van der Waals surface area contributed by atoms with E-state index in [9.17, 15) is 8.42 Å². The molecule has 118 valence electrons. The molecule has 2 rings (SSSR count). The first-order chi connectivity index (χ1) is 10.0. The maximum atomic E-state index is 12.0. The SMILES string of the molecule is CCCNS(=O)(=O)c1ccc(NCC2CCN(C)C2)cc1. The van der Waals surface area contributed by atoms with Gasteiger partial charge in [-0.15, -0.1) is 0 Å². The van der Waals surface area contributed by atoms with Crippen molar-refractivity contribution >= 4 is 15.7 Å². The Morgan fingerprint density at radius 2 is 2.00 bits per heavy atom. The second-order valence-electron chi connectivity index (χ2n) is 5.72. The zero-order valence-electron chi connectivity index (χ0n) is 12.8. The van der Waals surface area contributed by atoms with Gasteiger partial charge in [-0.1, -0.05) is 6.92 Å². The third-order valence-corrected chi connectivity index (χ3v) is 5.27. The summed E-state index contributed by atoms with van der Waals surface area (Å²) in [5.74, 6) is 0.671. The van der Waals surface area contributed by atoms with Gasteiger partial charge in [0.2, 0.25) is 10.0 Å². The van der Waals surface area contributed by atoms with Gasteiger partial charge in [0.25, 0.3) is 0 Å². The van der Waals surface area contributed by atoms with Crippen molar-refractivity contribution in [1.82, 2.24) is 9.62 Å². The molecule has 0 aliphatic carbocycles. The van der Waals surface area contributed by atoms with Crippen LogP contribution in [0.5, 0.6) is 0 Å². The molecule has 1 fully saturated rings. The van der Waals surface area contributed by atoms with E-state index >= 15 is 0 Å². The lowest BCUT2D eigenvalue weighted by molar-refractivity contribution is 0.399. The maximum absolute atomic E-state index is 12.0. The van der Waals surface area contributed by atoms with E-state index in [1.54, 1.807) is 12.1 Å². The van der Waals surface area contributed by atoms with Crippen molar-refractivity contribution in [3.8, 4) is 0 Å². The van der Waals surface area contributed by atoms with Crippen LogP contribution in [0, 0.1) is 5.92 Å². The molecule has 2 N–H and O–H groups in total. The number of benzene rings is 1. The van der Waals surface area contributed by atoms with Gasteiger partial charge in [0.05, 0.1) is 4.90 Å². The van der Waals surface area contributed by atoms with Gasteiger partial charge >= 0.3 is 0 Å². The molecule has 1 aromatic rings. The van der Waals surface area contributed by atoms with Crippen LogP contribution in [-0.2, 0) is 10.0 Å². The summed E-state index contributed by atoms with van der Waals surface area (Å²) in [5.41, 5.74) is 0.971. The zero-order valence-corrected chi connectivity index (χ0v) is 13.6. The molecule has 0 aromatic heterocycles. The fourth-order valence-electron chi connectivity index (χ4n) is 2.53. The van der Waals surface area contributed by atoms with Gasteiger partial charge in [0.1, 0.15) is 0 Å². The molecule has 0 radical (unpaired) electrons. The molecule has 1 saturated heterocycles. The normalized spacial score (nSPS) is 19.8. The van der Waals surface area contributed by atoms with Crippen molar-refractivity contribution in [3.63, 3.8) is 0 Å². The van der Waals surface area contributed by atoms with Crippen LogP contribution >= 0.6 is 0 Å². The molecule has 1 unspecified atom stereocenters. The minimum Gasteiger partial charge on any atom is -0.385 e. The molecule has 1 aromatic carbocycles. The van der Waals surface area contributed by atoms with Gasteiger partial charge < -0.3 is 10.2 Å². The van der Waals surface area contributed by atoms with Gasteiger partial charge in [-0.3, -0.25) is 0 Å². The van der Waals surface area contributed by atoms with Crippen LogP contribution in [0.3, 0.4) is 0 Å². The first-order valence-electron chi connectivity index (χ1n) is 7.53. The van der Waals surface area contributed by atoms with Crippen LogP contribution in [0.1, 0.15) is 19.8 Å². The fourth-order valence-corrected chi connectivity index (χ4v) is 3.66. The third kappa shape index (κ3) is 4.69. The lowest BCUT2D eigenvalue weighted by Crippen LogP contribution is -2.24. The number of likely N-dealkylation sites (tertiary alicyclic amines) is 1. The van der Waals surface area contributed by atoms with Crippen molar-refractivity contribution in [3.05, 3.63) is 24.3 Å². The smallest absolute Gasteiger partial charge is 0.240 e. The molecule has 21 heavy (non-hydrogen) atoms. The van der Waals surface area contributed by atoms with Crippen LogP contribution < -0.4 is 10.0 Å². The van der Waals surface area contributed by atoms with Crippen LogP contribution in [0.25, 0.3) is 0 Å². The van der Waals surface area contributed by atoms with Gasteiger partial charge in [-0.2, -0.15) is 0 Å². The van der Waals surface area contributed by atoms with E-state index in [1.165, 1.54) is 6.42 Å². The second-order valence-corrected chi connectivity index (χ2v) is 7.49. The van der Waals surface area contributed by atoms with Crippen molar-refractivity contribution < 1.29 is 8.42 Å². The quantitative estimate of drug-likeness (QED) is 0.805.